The monoisotopic (exact) mass is 198 g/mol. The van der Waals surface area contributed by atoms with Gasteiger partial charge in [0.25, 0.3) is 0 Å². The van der Waals surface area contributed by atoms with E-state index < -0.39 is 0 Å². The Hall–Kier alpha value is -1.83. The highest BCUT2D eigenvalue weighted by molar-refractivity contribution is 5.78. The van der Waals surface area contributed by atoms with Crippen LogP contribution in [0.5, 0.6) is 0 Å². The minimum atomic E-state index is 0.840. The molecule has 0 aliphatic rings. The molecule has 0 unspecified atom stereocenters. The predicted octanol–water partition coefficient (Wildman–Crippen LogP) is 3.09. The molecule has 2 heteroatoms. The Balaban J connectivity index is 2.51. The molecular weight excluding hydrogens is 184 g/mol. The average molecular weight is 198 g/mol. The number of nitrogens with zero attached hydrogens (tertiary/aromatic N) is 1. The molecule has 0 atom stereocenters. The number of H-pyrrole nitrogens is 1. The summed E-state index contributed by atoms with van der Waals surface area (Å²) in [5, 5.41) is 0. The number of nitrogens with one attached hydrogen (secondary N) is 1. The van der Waals surface area contributed by atoms with Crippen LogP contribution in [-0.2, 0) is 0 Å². The Morgan fingerprint density at radius 3 is 2.47 bits per heavy atom. The van der Waals surface area contributed by atoms with Gasteiger partial charge < -0.3 is 4.98 Å². The van der Waals surface area contributed by atoms with Gasteiger partial charge >= 0.3 is 0 Å². The average Bonchev–Trinajstić information content (AvgIpc) is 2.69. The molecule has 0 amide bonds. The quantitative estimate of drug-likeness (QED) is 0.789. The van der Waals surface area contributed by atoms with E-state index in [1.807, 2.05) is 6.20 Å². The molecule has 0 saturated carbocycles. The van der Waals surface area contributed by atoms with Gasteiger partial charge in [0.05, 0.1) is 0 Å². The summed E-state index contributed by atoms with van der Waals surface area (Å²) in [5.41, 5.74) is 4.61. The van der Waals surface area contributed by atoms with Crippen molar-refractivity contribution in [1.82, 2.24) is 9.97 Å². The van der Waals surface area contributed by atoms with Crippen LogP contribution in [0.15, 0.2) is 37.2 Å². The molecule has 1 aromatic heterocycles. The summed E-state index contributed by atoms with van der Waals surface area (Å²) in [4.78, 5) is 7.30. The van der Waals surface area contributed by atoms with Crippen LogP contribution < -0.4 is 0 Å². The fraction of sp³-hybridized carbons (Fsp3) is 0.154. The molecule has 2 nitrogen and oxygen atoms in total. The van der Waals surface area contributed by atoms with E-state index in [4.69, 9.17) is 0 Å². The number of hydrogen-bond donors (Lipinski definition) is 1. The smallest absolute Gasteiger partial charge is 0.137 e. The zero-order valence-corrected chi connectivity index (χ0v) is 9.04. The fourth-order valence-corrected chi connectivity index (χ4v) is 1.84. The highest BCUT2D eigenvalue weighted by atomic mass is 14.9. The summed E-state index contributed by atoms with van der Waals surface area (Å²) in [6, 6.07) is 6.25. The second-order valence-electron chi connectivity index (χ2n) is 3.68. The van der Waals surface area contributed by atoms with Gasteiger partial charge in [-0.25, -0.2) is 4.98 Å². The van der Waals surface area contributed by atoms with Crippen molar-refractivity contribution in [3.05, 3.63) is 59.7 Å². The van der Waals surface area contributed by atoms with E-state index in [2.05, 4.69) is 48.6 Å². The highest BCUT2D eigenvalue weighted by Gasteiger charge is 2.09. The zero-order chi connectivity index (χ0) is 10.8. The first-order valence-corrected chi connectivity index (χ1v) is 4.95. The van der Waals surface area contributed by atoms with Gasteiger partial charge in [-0.15, -0.1) is 0 Å². The maximum Gasteiger partial charge on any atom is 0.137 e. The van der Waals surface area contributed by atoms with Gasteiger partial charge in [-0.05, 0) is 30.5 Å². The Morgan fingerprint density at radius 1 is 1.27 bits per heavy atom. The van der Waals surface area contributed by atoms with Crippen molar-refractivity contribution in [3.8, 4) is 0 Å². The number of benzene rings is 1. The van der Waals surface area contributed by atoms with E-state index in [9.17, 15) is 0 Å². The molecule has 0 fully saturated rings. The van der Waals surface area contributed by atoms with Gasteiger partial charge in [-0.1, -0.05) is 24.8 Å². The van der Waals surface area contributed by atoms with Crippen molar-refractivity contribution in [2.24, 2.45) is 0 Å². The molecule has 76 valence electrons. The van der Waals surface area contributed by atoms with Crippen LogP contribution in [0.1, 0.15) is 22.5 Å². The lowest BCUT2D eigenvalue weighted by Gasteiger charge is -2.10. The number of aryl methyl sites for hydroxylation is 2. The minimum absolute atomic E-state index is 0.840. The number of aromatic amines is 1. The molecule has 2 rings (SSSR count). The lowest BCUT2D eigenvalue weighted by Crippen LogP contribution is -1.95. The van der Waals surface area contributed by atoms with Crippen LogP contribution >= 0.6 is 0 Å². The first kappa shape index (κ1) is 9.71. The summed E-state index contributed by atoms with van der Waals surface area (Å²) in [6.45, 7) is 8.28. The fourth-order valence-electron chi connectivity index (χ4n) is 1.84. The van der Waals surface area contributed by atoms with E-state index in [1.54, 1.807) is 6.20 Å². The maximum absolute atomic E-state index is 4.22. The molecule has 0 bridgehead atoms. The Kier molecular flexibility index (Phi) is 2.42. The second kappa shape index (κ2) is 3.73. The Labute approximate surface area is 89.7 Å². The van der Waals surface area contributed by atoms with Crippen LogP contribution in [0.2, 0.25) is 0 Å². The van der Waals surface area contributed by atoms with Crippen molar-refractivity contribution >= 4 is 5.57 Å². The lowest BCUT2D eigenvalue weighted by atomic mass is 9.96. The molecule has 15 heavy (non-hydrogen) atoms. The number of aromatic nitrogens is 2. The molecule has 0 spiro atoms. The summed E-state index contributed by atoms with van der Waals surface area (Å²) in [6.07, 6.45) is 3.56. The molecule has 0 radical (unpaired) electrons. The number of rotatable bonds is 2. The Bertz CT molecular complexity index is 461. The number of hydrogen-bond acceptors (Lipinski definition) is 1. The first-order chi connectivity index (χ1) is 7.20. The highest BCUT2D eigenvalue weighted by Crippen LogP contribution is 2.24. The van der Waals surface area contributed by atoms with Crippen LogP contribution in [0.3, 0.4) is 0 Å². The largest absolute Gasteiger partial charge is 0.345 e. The SMILES string of the molecule is C=C(c1ncc[nH]1)c1c(C)cccc1C. The number of imidazole rings is 1. The van der Waals surface area contributed by atoms with E-state index in [-0.39, 0.29) is 0 Å². The van der Waals surface area contributed by atoms with Gasteiger partial charge in [0.1, 0.15) is 5.82 Å². The van der Waals surface area contributed by atoms with Gasteiger partial charge in [-0.3, -0.25) is 0 Å². The molecule has 2 aromatic rings. The maximum atomic E-state index is 4.22. The van der Waals surface area contributed by atoms with Crippen LogP contribution in [0, 0.1) is 13.8 Å². The van der Waals surface area contributed by atoms with Gasteiger partial charge in [0, 0.05) is 18.0 Å². The van der Waals surface area contributed by atoms with Crippen LogP contribution in [0.25, 0.3) is 5.57 Å². The van der Waals surface area contributed by atoms with E-state index >= 15 is 0 Å². The molecule has 1 aromatic carbocycles. The molecule has 1 N–H and O–H groups in total. The molecule has 0 aliphatic heterocycles. The third-order valence-electron chi connectivity index (χ3n) is 2.57. The topological polar surface area (TPSA) is 28.7 Å². The molecule has 0 aliphatic carbocycles. The van der Waals surface area contributed by atoms with Crippen molar-refractivity contribution in [2.75, 3.05) is 0 Å². The van der Waals surface area contributed by atoms with E-state index in [0.717, 1.165) is 11.4 Å². The minimum Gasteiger partial charge on any atom is -0.345 e. The van der Waals surface area contributed by atoms with Crippen LogP contribution in [-0.4, -0.2) is 9.97 Å². The summed E-state index contributed by atoms with van der Waals surface area (Å²) >= 11 is 0. The molecule has 1 heterocycles. The molecule has 0 saturated heterocycles. The first-order valence-electron chi connectivity index (χ1n) is 4.95. The molecular formula is C13H14N2. The summed E-state index contributed by atoms with van der Waals surface area (Å²) < 4.78 is 0. The van der Waals surface area contributed by atoms with Crippen molar-refractivity contribution in [1.29, 1.82) is 0 Å². The summed E-state index contributed by atoms with van der Waals surface area (Å²) in [5.74, 6) is 0.840. The van der Waals surface area contributed by atoms with Gasteiger partial charge in [-0.2, -0.15) is 0 Å². The third kappa shape index (κ3) is 1.71. The lowest BCUT2D eigenvalue weighted by molar-refractivity contribution is 1.22. The normalized spacial score (nSPS) is 10.3. The van der Waals surface area contributed by atoms with Crippen molar-refractivity contribution < 1.29 is 0 Å². The van der Waals surface area contributed by atoms with Crippen molar-refractivity contribution in [3.63, 3.8) is 0 Å². The third-order valence-corrected chi connectivity index (χ3v) is 2.57. The predicted molar refractivity (Wildman–Crippen MR) is 62.6 cm³/mol. The van der Waals surface area contributed by atoms with E-state index in [1.165, 1.54) is 16.7 Å². The van der Waals surface area contributed by atoms with Crippen molar-refractivity contribution in [2.45, 2.75) is 13.8 Å². The van der Waals surface area contributed by atoms with E-state index in [0.29, 0.717) is 0 Å². The Morgan fingerprint density at radius 2 is 1.93 bits per heavy atom. The standard InChI is InChI=1S/C13H14N2/c1-9-5-4-6-10(2)12(9)11(3)13-14-7-8-15-13/h4-8H,3H2,1-2H3,(H,14,15). The van der Waals surface area contributed by atoms with Gasteiger partial charge in [0.2, 0.25) is 0 Å². The summed E-state index contributed by atoms with van der Waals surface area (Å²) in [7, 11) is 0. The van der Waals surface area contributed by atoms with Crippen LogP contribution in [0.4, 0.5) is 0 Å². The second-order valence-corrected chi connectivity index (χ2v) is 3.68. The zero-order valence-electron chi connectivity index (χ0n) is 9.04. The van der Waals surface area contributed by atoms with Gasteiger partial charge in [0.15, 0.2) is 0 Å².